The molecule has 2 N–H and O–H groups in total. The average Bonchev–Trinajstić information content (AvgIpc) is 2.75. The molecule has 0 saturated heterocycles. The molecule has 7 nitrogen and oxygen atoms in total. The molecule has 8 heteroatoms. The number of methoxy groups -OCH3 is 3. The van der Waals surface area contributed by atoms with Gasteiger partial charge in [-0.25, -0.2) is 0 Å². The number of rotatable bonds is 9. The Bertz CT molecular complexity index is 816. The lowest BCUT2D eigenvalue weighted by Gasteiger charge is -2.26. The Labute approximate surface area is 203 Å². The lowest BCUT2D eigenvalue weighted by molar-refractivity contribution is 0.298. The maximum absolute atomic E-state index is 5.43. The highest BCUT2D eigenvalue weighted by Gasteiger charge is 2.16. The van der Waals surface area contributed by atoms with Gasteiger partial charge in [0.25, 0.3) is 0 Å². The summed E-state index contributed by atoms with van der Waals surface area (Å²) in [5.74, 6) is 2.56. The molecule has 0 bridgehead atoms. The van der Waals surface area contributed by atoms with E-state index in [1.165, 1.54) is 11.1 Å². The fraction of sp³-hybridized carbons (Fsp3) is 0.435. The van der Waals surface area contributed by atoms with E-state index in [1.807, 2.05) is 12.1 Å². The van der Waals surface area contributed by atoms with E-state index in [0.717, 1.165) is 18.1 Å². The number of nitrogens with zero attached hydrogens (tertiary/aromatic N) is 2. The number of likely N-dealkylation sites (N-methyl/N-ethyl adjacent to an activating group) is 1. The molecule has 2 aromatic carbocycles. The van der Waals surface area contributed by atoms with Crippen LogP contribution in [0.2, 0.25) is 0 Å². The highest BCUT2D eigenvalue weighted by Crippen LogP contribution is 2.38. The van der Waals surface area contributed by atoms with Crippen LogP contribution in [0.4, 0.5) is 0 Å². The third-order valence-electron chi connectivity index (χ3n) is 4.96. The molecule has 0 radical (unpaired) electrons. The van der Waals surface area contributed by atoms with Crippen LogP contribution in [-0.2, 0) is 6.54 Å². The molecule has 2 aromatic rings. The van der Waals surface area contributed by atoms with Crippen molar-refractivity contribution in [1.82, 2.24) is 15.5 Å². The normalized spacial score (nSPS) is 12.1. The van der Waals surface area contributed by atoms with Gasteiger partial charge in [-0.3, -0.25) is 4.99 Å². The van der Waals surface area contributed by atoms with Crippen LogP contribution in [0.3, 0.4) is 0 Å². The monoisotopic (exact) mass is 542 g/mol. The van der Waals surface area contributed by atoms with E-state index in [-0.39, 0.29) is 30.0 Å². The Morgan fingerprint density at radius 3 is 2.00 bits per heavy atom. The Kier molecular flexibility index (Phi) is 11.5. The molecule has 0 fully saturated rings. The molecule has 0 saturated carbocycles. The van der Waals surface area contributed by atoms with Gasteiger partial charge in [-0.1, -0.05) is 29.8 Å². The predicted octanol–water partition coefficient (Wildman–Crippen LogP) is 3.61. The minimum absolute atomic E-state index is 0. The van der Waals surface area contributed by atoms with E-state index in [0.29, 0.717) is 23.8 Å². The number of benzene rings is 2. The van der Waals surface area contributed by atoms with Gasteiger partial charge in [-0.2, -0.15) is 0 Å². The van der Waals surface area contributed by atoms with Gasteiger partial charge in [0.2, 0.25) is 5.75 Å². The van der Waals surface area contributed by atoms with Gasteiger partial charge in [-0.15, -0.1) is 24.0 Å². The van der Waals surface area contributed by atoms with Crippen molar-refractivity contribution in [1.29, 1.82) is 0 Å². The summed E-state index contributed by atoms with van der Waals surface area (Å²) >= 11 is 0. The molecule has 0 aliphatic carbocycles. The summed E-state index contributed by atoms with van der Waals surface area (Å²) in [6.45, 7) is 3.39. The minimum atomic E-state index is 0. The third-order valence-corrected chi connectivity index (χ3v) is 4.96. The number of aryl methyl sites for hydroxylation is 1. The van der Waals surface area contributed by atoms with Crippen LogP contribution < -0.4 is 24.8 Å². The summed E-state index contributed by atoms with van der Waals surface area (Å²) in [5, 5.41) is 6.77. The molecular weight excluding hydrogens is 507 g/mol. The molecule has 0 aliphatic rings. The zero-order valence-electron chi connectivity index (χ0n) is 19.5. The first kappa shape index (κ1) is 26.8. The van der Waals surface area contributed by atoms with Crippen molar-refractivity contribution in [2.75, 3.05) is 49.0 Å². The summed E-state index contributed by atoms with van der Waals surface area (Å²) in [6, 6.07) is 12.7. The van der Waals surface area contributed by atoms with Crippen LogP contribution in [0.25, 0.3) is 0 Å². The number of hydrogen-bond acceptors (Lipinski definition) is 5. The number of halogens is 1. The Morgan fingerprint density at radius 2 is 1.55 bits per heavy atom. The van der Waals surface area contributed by atoms with Crippen molar-refractivity contribution in [3.05, 3.63) is 53.1 Å². The van der Waals surface area contributed by atoms with Gasteiger partial charge in [-0.05, 0) is 44.3 Å². The number of hydrogen-bond donors (Lipinski definition) is 2. The second-order valence-corrected chi connectivity index (χ2v) is 7.23. The van der Waals surface area contributed by atoms with Crippen molar-refractivity contribution in [3.8, 4) is 17.2 Å². The van der Waals surface area contributed by atoms with Crippen molar-refractivity contribution < 1.29 is 14.2 Å². The van der Waals surface area contributed by atoms with E-state index in [1.54, 1.807) is 28.4 Å². The molecule has 1 unspecified atom stereocenters. The summed E-state index contributed by atoms with van der Waals surface area (Å²) in [5.41, 5.74) is 3.51. The van der Waals surface area contributed by atoms with Crippen molar-refractivity contribution in [2.45, 2.75) is 19.5 Å². The smallest absolute Gasteiger partial charge is 0.203 e. The zero-order valence-corrected chi connectivity index (χ0v) is 21.8. The molecular formula is C23H35IN4O3. The lowest BCUT2D eigenvalue weighted by atomic mass is 10.0. The van der Waals surface area contributed by atoms with Crippen molar-refractivity contribution in [2.24, 2.45) is 4.99 Å². The standard InChI is InChI=1S/C23H34N4O3.HI/c1-16-8-10-18(11-9-16)19(27(3)4)15-26-23(24-2)25-14-17-12-20(28-5)22(30-7)21(13-17)29-6;/h8-13,19H,14-15H2,1-7H3,(H2,24,25,26);1H. The maximum atomic E-state index is 5.43. The van der Waals surface area contributed by atoms with Crippen molar-refractivity contribution >= 4 is 29.9 Å². The Balaban J connectivity index is 0.00000480. The van der Waals surface area contributed by atoms with E-state index < -0.39 is 0 Å². The molecule has 1 atom stereocenters. The molecule has 31 heavy (non-hydrogen) atoms. The molecule has 0 heterocycles. The van der Waals surface area contributed by atoms with E-state index >= 15 is 0 Å². The second-order valence-electron chi connectivity index (χ2n) is 7.23. The fourth-order valence-corrected chi connectivity index (χ4v) is 3.22. The topological polar surface area (TPSA) is 67.4 Å². The molecule has 0 aliphatic heterocycles. The van der Waals surface area contributed by atoms with Crippen LogP contribution in [-0.4, -0.2) is 59.9 Å². The first-order valence-electron chi connectivity index (χ1n) is 9.89. The zero-order chi connectivity index (χ0) is 22.1. The highest BCUT2D eigenvalue weighted by molar-refractivity contribution is 14.0. The van der Waals surface area contributed by atoms with E-state index in [9.17, 15) is 0 Å². The quantitative estimate of drug-likeness (QED) is 0.287. The number of guanidine groups is 1. The van der Waals surface area contributed by atoms with E-state index in [2.05, 4.69) is 65.8 Å². The molecule has 0 amide bonds. The van der Waals surface area contributed by atoms with Crippen LogP contribution in [0.5, 0.6) is 17.2 Å². The van der Waals surface area contributed by atoms with Gasteiger partial charge >= 0.3 is 0 Å². The fourth-order valence-electron chi connectivity index (χ4n) is 3.22. The van der Waals surface area contributed by atoms with Gasteiger partial charge < -0.3 is 29.7 Å². The van der Waals surface area contributed by atoms with Crippen LogP contribution in [0, 0.1) is 6.92 Å². The van der Waals surface area contributed by atoms with E-state index in [4.69, 9.17) is 14.2 Å². The van der Waals surface area contributed by atoms with Gasteiger partial charge in [0.1, 0.15) is 0 Å². The first-order valence-corrected chi connectivity index (χ1v) is 9.89. The molecule has 0 spiro atoms. The van der Waals surface area contributed by atoms with Gasteiger partial charge in [0.05, 0.1) is 27.4 Å². The number of nitrogens with one attached hydrogen (secondary N) is 2. The summed E-state index contributed by atoms with van der Waals surface area (Å²) in [7, 11) is 10.7. The summed E-state index contributed by atoms with van der Waals surface area (Å²) in [4.78, 5) is 6.55. The molecule has 172 valence electrons. The highest BCUT2D eigenvalue weighted by atomic mass is 127. The number of aliphatic imine (C=N–C) groups is 1. The summed E-state index contributed by atoms with van der Waals surface area (Å²) in [6.07, 6.45) is 0. The molecule has 0 aromatic heterocycles. The van der Waals surface area contributed by atoms with Gasteiger partial charge in [0.15, 0.2) is 17.5 Å². The first-order chi connectivity index (χ1) is 14.4. The van der Waals surface area contributed by atoms with Crippen LogP contribution in [0.15, 0.2) is 41.4 Å². The average molecular weight is 542 g/mol. The minimum Gasteiger partial charge on any atom is -0.493 e. The third kappa shape index (κ3) is 7.46. The maximum Gasteiger partial charge on any atom is 0.203 e. The summed E-state index contributed by atoms with van der Waals surface area (Å²) < 4.78 is 16.2. The van der Waals surface area contributed by atoms with Crippen LogP contribution >= 0.6 is 24.0 Å². The Morgan fingerprint density at radius 1 is 0.968 bits per heavy atom. The predicted molar refractivity (Wildman–Crippen MR) is 137 cm³/mol. The second kappa shape index (κ2) is 13.3. The SMILES string of the molecule is CN=C(NCc1cc(OC)c(OC)c(OC)c1)NCC(c1ccc(C)cc1)N(C)C.I. The van der Waals surface area contributed by atoms with Crippen molar-refractivity contribution in [3.63, 3.8) is 0 Å². The largest absolute Gasteiger partial charge is 0.493 e. The van der Waals surface area contributed by atoms with Crippen LogP contribution in [0.1, 0.15) is 22.7 Å². The number of ether oxygens (including phenoxy) is 3. The lowest BCUT2D eigenvalue weighted by Crippen LogP contribution is -2.41. The molecule has 2 rings (SSSR count). The van der Waals surface area contributed by atoms with Gasteiger partial charge in [0, 0.05) is 20.1 Å². The Hall–Kier alpha value is -2.20.